The third kappa shape index (κ3) is 2.32. The van der Waals surface area contributed by atoms with Crippen molar-refractivity contribution >= 4 is 27.3 Å². The van der Waals surface area contributed by atoms with E-state index < -0.39 is 10.0 Å². The molecule has 1 aromatic carbocycles. The van der Waals surface area contributed by atoms with Crippen LogP contribution >= 0.6 is 11.6 Å². The molecule has 0 radical (unpaired) electrons. The van der Waals surface area contributed by atoms with Gasteiger partial charge in [-0.05, 0) is 31.4 Å². The molecule has 1 aliphatic rings. The van der Waals surface area contributed by atoms with E-state index in [1.165, 1.54) is 4.31 Å². The number of aromatic amines is 1. The highest BCUT2D eigenvalue weighted by Gasteiger charge is 2.33. The number of para-hydroxylation sites is 1. The minimum Gasteiger partial charge on any atom is -0.281 e. The molecule has 2 aromatic rings. The van der Waals surface area contributed by atoms with Gasteiger partial charge in [-0.25, -0.2) is 0 Å². The van der Waals surface area contributed by atoms with Crippen LogP contribution in [0.5, 0.6) is 0 Å². The molecule has 0 unspecified atom stereocenters. The van der Waals surface area contributed by atoms with Crippen LogP contribution < -0.4 is 4.31 Å². The molecule has 1 aromatic heterocycles. The molecule has 0 spiro atoms. The first-order chi connectivity index (χ1) is 10.1. The second-order valence-electron chi connectivity index (χ2n) is 5.08. The number of rotatable bonds is 3. The summed E-state index contributed by atoms with van der Waals surface area (Å²) in [5, 5.41) is 6.72. The number of aromatic nitrogens is 2. The Balaban J connectivity index is 2.12. The van der Waals surface area contributed by atoms with Crippen molar-refractivity contribution in [2.45, 2.75) is 30.7 Å². The fourth-order valence-corrected chi connectivity index (χ4v) is 4.77. The molecule has 0 atom stereocenters. The predicted molar refractivity (Wildman–Crippen MR) is 82.2 cm³/mol. The van der Waals surface area contributed by atoms with Crippen molar-refractivity contribution < 1.29 is 8.42 Å². The molecule has 5 nitrogen and oxygen atoms in total. The Morgan fingerprint density at radius 1 is 1.38 bits per heavy atom. The lowest BCUT2D eigenvalue weighted by atomic mass is 10.0. The van der Waals surface area contributed by atoms with E-state index in [4.69, 9.17) is 11.6 Å². The van der Waals surface area contributed by atoms with E-state index in [2.05, 4.69) is 10.2 Å². The Morgan fingerprint density at radius 3 is 2.90 bits per heavy atom. The van der Waals surface area contributed by atoms with Crippen LogP contribution in [0.2, 0.25) is 0 Å². The number of aryl methyl sites for hydroxylation is 2. The predicted octanol–water partition coefficient (Wildman–Crippen LogP) is 2.60. The monoisotopic (exact) mass is 325 g/mol. The summed E-state index contributed by atoms with van der Waals surface area (Å²) in [7, 11) is -3.69. The Hall–Kier alpha value is -1.53. The zero-order valence-corrected chi connectivity index (χ0v) is 13.2. The van der Waals surface area contributed by atoms with E-state index >= 15 is 0 Å². The normalized spacial score (nSPS) is 15.0. The molecule has 0 amide bonds. The third-order valence-electron chi connectivity index (χ3n) is 3.77. The Kier molecular flexibility index (Phi) is 3.67. The van der Waals surface area contributed by atoms with Crippen LogP contribution in [-0.2, 0) is 22.3 Å². The number of H-pyrrole nitrogens is 1. The molecule has 1 N–H and O–H groups in total. The van der Waals surface area contributed by atoms with Crippen LogP contribution in [0.15, 0.2) is 29.3 Å². The quantitative estimate of drug-likeness (QED) is 0.882. The zero-order valence-electron chi connectivity index (χ0n) is 11.6. The minimum atomic E-state index is -3.69. The van der Waals surface area contributed by atoms with Crippen molar-refractivity contribution in [1.29, 1.82) is 0 Å². The molecule has 0 fully saturated rings. The summed E-state index contributed by atoms with van der Waals surface area (Å²) < 4.78 is 27.3. The number of alkyl halides is 1. The van der Waals surface area contributed by atoms with Crippen molar-refractivity contribution in [3.63, 3.8) is 0 Å². The summed E-state index contributed by atoms with van der Waals surface area (Å²) in [6.45, 7) is 2.24. The number of nitrogens with one attached hydrogen (secondary N) is 1. The van der Waals surface area contributed by atoms with Gasteiger partial charge in [0.15, 0.2) is 0 Å². The average Bonchev–Trinajstić information content (AvgIpc) is 2.88. The van der Waals surface area contributed by atoms with Gasteiger partial charge in [-0.15, -0.1) is 11.6 Å². The lowest BCUT2D eigenvalue weighted by molar-refractivity contribution is 0.581. The highest BCUT2D eigenvalue weighted by atomic mass is 35.5. The molecule has 0 saturated heterocycles. The average molecular weight is 326 g/mol. The summed E-state index contributed by atoms with van der Waals surface area (Å²) in [4.78, 5) is 0. The number of benzene rings is 1. The van der Waals surface area contributed by atoms with Gasteiger partial charge in [0.1, 0.15) is 0 Å². The molecular weight excluding hydrogens is 310 g/mol. The van der Waals surface area contributed by atoms with Crippen LogP contribution in [0.1, 0.15) is 23.2 Å². The number of nitrogens with zero attached hydrogens (tertiary/aromatic N) is 2. The Bertz CT molecular complexity index is 770. The number of hydrogen-bond acceptors (Lipinski definition) is 3. The molecule has 0 bridgehead atoms. The molecular formula is C14H16ClN3O2S. The van der Waals surface area contributed by atoms with Crippen molar-refractivity contribution in [1.82, 2.24) is 10.2 Å². The summed E-state index contributed by atoms with van der Waals surface area (Å²) in [5.41, 5.74) is 3.02. The topological polar surface area (TPSA) is 66.1 Å². The van der Waals surface area contributed by atoms with E-state index in [1.54, 1.807) is 6.92 Å². The number of hydrogen-bond donors (Lipinski definition) is 1. The van der Waals surface area contributed by atoms with Crippen molar-refractivity contribution in [2.24, 2.45) is 0 Å². The second-order valence-corrected chi connectivity index (χ2v) is 7.12. The highest BCUT2D eigenvalue weighted by molar-refractivity contribution is 7.92. The fraction of sp³-hybridized carbons (Fsp3) is 0.357. The highest BCUT2D eigenvalue weighted by Crippen LogP contribution is 2.32. The van der Waals surface area contributed by atoms with Gasteiger partial charge in [-0.1, -0.05) is 18.2 Å². The summed E-state index contributed by atoms with van der Waals surface area (Å²) in [6.07, 6.45) is 1.69. The van der Waals surface area contributed by atoms with E-state index in [1.807, 2.05) is 24.3 Å². The molecule has 7 heteroatoms. The summed E-state index contributed by atoms with van der Waals surface area (Å²) in [6, 6.07) is 7.59. The van der Waals surface area contributed by atoms with E-state index in [9.17, 15) is 8.42 Å². The van der Waals surface area contributed by atoms with Crippen molar-refractivity contribution in [3.8, 4) is 0 Å². The zero-order chi connectivity index (χ0) is 15.0. The van der Waals surface area contributed by atoms with Crippen LogP contribution in [-0.4, -0.2) is 25.2 Å². The van der Waals surface area contributed by atoms with Crippen LogP contribution in [0.25, 0.3) is 0 Å². The van der Waals surface area contributed by atoms with Gasteiger partial charge < -0.3 is 0 Å². The lowest BCUT2D eigenvalue weighted by Gasteiger charge is -2.29. The molecule has 1 aliphatic heterocycles. The largest absolute Gasteiger partial charge is 0.284 e. The van der Waals surface area contributed by atoms with Crippen molar-refractivity contribution in [2.75, 3.05) is 10.8 Å². The number of anilines is 1. The maximum atomic E-state index is 12.9. The van der Waals surface area contributed by atoms with E-state index in [0.717, 1.165) is 24.1 Å². The number of sulfonamides is 1. The first-order valence-electron chi connectivity index (χ1n) is 6.76. The van der Waals surface area contributed by atoms with E-state index in [0.29, 0.717) is 17.8 Å². The van der Waals surface area contributed by atoms with Crippen molar-refractivity contribution in [3.05, 3.63) is 41.1 Å². The third-order valence-corrected chi connectivity index (χ3v) is 5.82. The van der Waals surface area contributed by atoms with Gasteiger partial charge in [0, 0.05) is 17.8 Å². The van der Waals surface area contributed by atoms with E-state index in [-0.39, 0.29) is 10.9 Å². The molecule has 0 aliphatic carbocycles. The Labute approximate surface area is 129 Å². The molecule has 112 valence electrons. The van der Waals surface area contributed by atoms with Crippen LogP contribution in [0, 0.1) is 6.92 Å². The first kappa shape index (κ1) is 14.4. The van der Waals surface area contributed by atoms with Crippen LogP contribution in [0.3, 0.4) is 0 Å². The Morgan fingerprint density at radius 2 is 2.14 bits per heavy atom. The van der Waals surface area contributed by atoms with Gasteiger partial charge in [0.25, 0.3) is 10.0 Å². The fourth-order valence-electron chi connectivity index (χ4n) is 2.65. The molecule has 2 heterocycles. The lowest BCUT2D eigenvalue weighted by Crippen LogP contribution is -2.36. The molecule has 0 saturated carbocycles. The molecule has 21 heavy (non-hydrogen) atoms. The minimum absolute atomic E-state index is 0.0340. The smallest absolute Gasteiger partial charge is 0.281 e. The molecule has 3 rings (SSSR count). The van der Waals surface area contributed by atoms with Gasteiger partial charge in [0.05, 0.1) is 11.6 Å². The van der Waals surface area contributed by atoms with Gasteiger partial charge in [-0.3, -0.25) is 9.40 Å². The van der Waals surface area contributed by atoms with Gasteiger partial charge in [0.2, 0.25) is 5.03 Å². The van der Waals surface area contributed by atoms with Crippen LogP contribution in [0.4, 0.5) is 5.69 Å². The summed E-state index contributed by atoms with van der Waals surface area (Å²) >= 11 is 5.88. The van der Waals surface area contributed by atoms with Gasteiger partial charge >= 0.3 is 0 Å². The standard InChI is InChI=1S/C14H16ClN3O2S/c1-10-12(9-15)14(17-16-10)21(19,20)18-8-4-6-11-5-2-3-7-13(11)18/h2-3,5,7H,4,6,8-9H2,1H3,(H,16,17). The second kappa shape index (κ2) is 5.35. The maximum absolute atomic E-state index is 12.9. The summed E-state index contributed by atoms with van der Waals surface area (Å²) in [5.74, 6) is 0.117. The first-order valence-corrected chi connectivity index (χ1v) is 8.73. The SMILES string of the molecule is Cc1[nH]nc(S(=O)(=O)N2CCCc3ccccc32)c1CCl. The maximum Gasteiger partial charge on any atom is 0.284 e. The number of halogens is 1. The van der Waals surface area contributed by atoms with Gasteiger partial charge in [-0.2, -0.15) is 13.5 Å². The number of fused-ring (bicyclic) bond motifs is 1.